The van der Waals surface area contributed by atoms with Gasteiger partial charge in [0.1, 0.15) is 17.9 Å². The lowest BCUT2D eigenvalue weighted by Gasteiger charge is -2.26. The van der Waals surface area contributed by atoms with E-state index in [0.717, 1.165) is 11.1 Å². The maximum Gasteiger partial charge on any atom is 0.326 e. The molecule has 2 saturated heterocycles. The smallest absolute Gasteiger partial charge is 0.326 e. The first-order valence-corrected chi connectivity index (χ1v) is 10.3. The molecule has 0 radical (unpaired) electrons. The van der Waals surface area contributed by atoms with E-state index in [1.807, 2.05) is 0 Å². The third-order valence-corrected chi connectivity index (χ3v) is 5.72. The highest BCUT2D eigenvalue weighted by Crippen LogP contribution is 2.35. The summed E-state index contributed by atoms with van der Waals surface area (Å²) in [7, 11) is 0. The number of halogens is 1. The van der Waals surface area contributed by atoms with E-state index < -0.39 is 35.7 Å². The summed E-state index contributed by atoms with van der Waals surface area (Å²) in [6.45, 7) is 2.19. The minimum Gasteiger partial charge on any atom is -0.480 e. The molecular formula is C23H23FN2O6. The van der Waals surface area contributed by atoms with Gasteiger partial charge in [0.2, 0.25) is 5.91 Å². The van der Waals surface area contributed by atoms with Crippen LogP contribution in [0.25, 0.3) is 11.1 Å². The van der Waals surface area contributed by atoms with Gasteiger partial charge >= 0.3 is 5.97 Å². The summed E-state index contributed by atoms with van der Waals surface area (Å²) in [5, 5.41) is 12.2. The van der Waals surface area contributed by atoms with Gasteiger partial charge in [-0.1, -0.05) is 24.3 Å². The summed E-state index contributed by atoms with van der Waals surface area (Å²) < 4.78 is 24.2. The van der Waals surface area contributed by atoms with Crippen molar-refractivity contribution in [2.24, 2.45) is 0 Å². The number of carboxylic acids is 1. The number of carbonyl (C=O) groups excluding carboxylic acids is 2. The zero-order valence-electron chi connectivity index (χ0n) is 17.4. The molecule has 0 saturated carbocycles. The highest BCUT2D eigenvalue weighted by molar-refractivity contribution is 5.98. The average Bonchev–Trinajstić information content (AvgIpc) is 3.41. The van der Waals surface area contributed by atoms with Crippen LogP contribution in [0.3, 0.4) is 0 Å². The van der Waals surface area contributed by atoms with Crippen LogP contribution in [0, 0.1) is 5.82 Å². The number of amides is 2. The van der Waals surface area contributed by atoms with Crippen molar-refractivity contribution in [2.75, 3.05) is 19.8 Å². The fourth-order valence-corrected chi connectivity index (χ4v) is 4.04. The first-order valence-electron chi connectivity index (χ1n) is 10.3. The van der Waals surface area contributed by atoms with Gasteiger partial charge in [-0.2, -0.15) is 0 Å². The lowest BCUT2D eigenvalue weighted by atomic mass is 10.0. The third-order valence-electron chi connectivity index (χ3n) is 5.72. The van der Waals surface area contributed by atoms with Gasteiger partial charge < -0.3 is 24.8 Å². The summed E-state index contributed by atoms with van der Waals surface area (Å²) in [5.41, 5.74) is 1.96. The quantitative estimate of drug-likeness (QED) is 0.734. The van der Waals surface area contributed by atoms with E-state index in [2.05, 4.69) is 5.32 Å². The first kappa shape index (κ1) is 21.9. The van der Waals surface area contributed by atoms with Crippen molar-refractivity contribution in [3.05, 3.63) is 59.9 Å². The lowest BCUT2D eigenvalue weighted by Crippen LogP contribution is -2.51. The van der Waals surface area contributed by atoms with E-state index in [1.54, 1.807) is 36.4 Å². The van der Waals surface area contributed by atoms with E-state index in [0.29, 0.717) is 18.8 Å². The van der Waals surface area contributed by atoms with Gasteiger partial charge in [-0.15, -0.1) is 0 Å². The van der Waals surface area contributed by atoms with Crippen LogP contribution in [-0.4, -0.2) is 65.4 Å². The molecule has 0 unspecified atom stereocenters. The highest BCUT2D eigenvalue weighted by atomic mass is 19.1. The number of rotatable bonds is 5. The number of carbonyl (C=O) groups is 3. The SMILES string of the molecule is C[C@H](NC(=O)c1ccc(-c2ccc(F)cc2)cc1)C(=O)N1CC2(C[C@H]1C(=O)O)OCCO2. The van der Waals surface area contributed by atoms with Gasteiger partial charge in [0, 0.05) is 12.0 Å². The van der Waals surface area contributed by atoms with Gasteiger partial charge in [-0.3, -0.25) is 9.59 Å². The van der Waals surface area contributed by atoms with Crippen LogP contribution in [0.1, 0.15) is 23.7 Å². The largest absolute Gasteiger partial charge is 0.480 e. The molecule has 2 atom stereocenters. The number of carboxylic acid groups (broad SMARTS) is 1. The second-order valence-corrected chi connectivity index (χ2v) is 7.91. The normalized spacial score (nSPS) is 20.3. The fraction of sp³-hybridized carbons (Fsp3) is 0.348. The fourth-order valence-electron chi connectivity index (χ4n) is 4.04. The van der Waals surface area contributed by atoms with Crippen molar-refractivity contribution in [1.82, 2.24) is 10.2 Å². The minimum atomic E-state index is -1.15. The zero-order valence-corrected chi connectivity index (χ0v) is 17.4. The van der Waals surface area contributed by atoms with Crippen LogP contribution in [0.15, 0.2) is 48.5 Å². The van der Waals surface area contributed by atoms with Crippen LogP contribution in [0.5, 0.6) is 0 Å². The first-order chi connectivity index (χ1) is 15.3. The molecule has 2 aromatic rings. The Morgan fingerprint density at radius 2 is 1.62 bits per heavy atom. The Kier molecular flexibility index (Phi) is 5.94. The molecule has 2 aromatic carbocycles. The number of nitrogens with one attached hydrogen (secondary N) is 1. The van der Waals surface area contributed by atoms with Gasteiger partial charge in [-0.05, 0) is 42.3 Å². The standard InChI is InChI=1S/C23H23FN2O6/c1-14(21(28)26-13-23(31-10-11-32-23)12-19(26)22(29)30)25-20(27)17-4-2-15(3-5-17)16-6-8-18(24)9-7-16/h2-9,14,19H,10-13H2,1H3,(H,25,27)(H,29,30)/t14-,19-/m0/s1. The number of hydrogen-bond acceptors (Lipinski definition) is 5. The van der Waals surface area contributed by atoms with Gasteiger partial charge in [0.25, 0.3) is 5.91 Å². The molecule has 9 heteroatoms. The van der Waals surface area contributed by atoms with Gasteiger partial charge in [0.15, 0.2) is 5.79 Å². The highest BCUT2D eigenvalue weighted by Gasteiger charge is 2.53. The molecule has 2 amide bonds. The van der Waals surface area contributed by atoms with Crippen molar-refractivity contribution in [3.63, 3.8) is 0 Å². The molecule has 8 nitrogen and oxygen atoms in total. The zero-order chi connectivity index (χ0) is 22.9. The second kappa shape index (κ2) is 8.68. The van der Waals surface area contributed by atoms with Crippen LogP contribution in [0.2, 0.25) is 0 Å². The van der Waals surface area contributed by atoms with Crippen LogP contribution in [0.4, 0.5) is 4.39 Å². The molecule has 2 aliphatic rings. The molecule has 2 aliphatic heterocycles. The number of nitrogens with zero attached hydrogens (tertiary/aromatic N) is 1. The van der Waals surface area contributed by atoms with Gasteiger partial charge in [-0.25, -0.2) is 9.18 Å². The Hall–Kier alpha value is -3.30. The Balaban J connectivity index is 1.42. The Morgan fingerprint density at radius 1 is 1.06 bits per heavy atom. The van der Waals surface area contributed by atoms with Gasteiger partial charge in [0.05, 0.1) is 19.8 Å². The Bertz CT molecular complexity index is 1020. The number of likely N-dealkylation sites (tertiary alicyclic amines) is 1. The molecule has 1 spiro atoms. The number of ether oxygens (including phenoxy) is 2. The Morgan fingerprint density at radius 3 is 2.19 bits per heavy atom. The molecule has 0 bridgehead atoms. The topological polar surface area (TPSA) is 105 Å². The predicted molar refractivity (Wildman–Crippen MR) is 111 cm³/mol. The van der Waals surface area contributed by atoms with Crippen LogP contribution >= 0.6 is 0 Å². The molecule has 0 aromatic heterocycles. The van der Waals surface area contributed by atoms with E-state index in [1.165, 1.54) is 24.0 Å². The summed E-state index contributed by atoms with van der Waals surface area (Å²) in [4.78, 5) is 38.4. The molecule has 32 heavy (non-hydrogen) atoms. The number of benzene rings is 2. The molecule has 0 aliphatic carbocycles. The van der Waals surface area contributed by atoms with Crippen molar-refractivity contribution in [1.29, 1.82) is 0 Å². The molecule has 2 N–H and O–H groups in total. The van der Waals surface area contributed by atoms with E-state index >= 15 is 0 Å². The third kappa shape index (κ3) is 4.35. The molecule has 2 heterocycles. The summed E-state index contributed by atoms with van der Waals surface area (Å²) in [5.74, 6) is -3.57. The van der Waals surface area contributed by atoms with Crippen LogP contribution in [-0.2, 0) is 19.1 Å². The minimum absolute atomic E-state index is 0.00459. The summed E-state index contributed by atoms with van der Waals surface area (Å²) in [6.07, 6.45) is 0.0413. The second-order valence-electron chi connectivity index (χ2n) is 7.91. The lowest BCUT2D eigenvalue weighted by molar-refractivity contribution is -0.153. The van der Waals surface area contributed by atoms with E-state index in [4.69, 9.17) is 9.47 Å². The monoisotopic (exact) mass is 442 g/mol. The van der Waals surface area contributed by atoms with Crippen molar-refractivity contribution in [2.45, 2.75) is 31.2 Å². The van der Waals surface area contributed by atoms with Crippen molar-refractivity contribution >= 4 is 17.8 Å². The summed E-state index contributed by atoms with van der Waals surface area (Å²) >= 11 is 0. The maximum absolute atomic E-state index is 13.1. The summed E-state index contributed by atoms with van der Waals surface area (Å²) in [6, 6.07) is 10.6. The maximum atomic E-state index is 13.1. The molecule has 2 fully saturated rings. The van der Waals surface area contributed by atoms with E-state index in [9.17, 15) is 23.9 Å². The predicted octanol–water partition coefficient (Wildman–Crippen LogP) is 2.04. The molecular weight excluding hydrogens is 419 g/mol. The van der Waals surface area contributed by atoms with Crippen LogP contribution < -0.4 is 5.32 Å². The van der Waals surface area contributed by atoms with Crippen molar-refractivity contribution in [3.8, 4) is 11.1 Å². The molecule has 4 rings (SSSR count). The number of hydrogen-bond donors (Lipinski definition) is 2. The average molecular weight is 442 g/mol. The Labute approximate surface area is 183 Å². The molecule has 168 valence electrons. The van der Waals surface area contributed by atoms with Crippen molar-refractivity contribution < 1.29 is 33.4 Å². The number of aliphatic carboxylic acids is 1. The van der Waals surface area contributed by atoms with E-state index in [-0.39, 0.29) is 18.8 Å².